The van der Waals surface area contributed by atoms with Gasteiger partial charge in [0.25, 0.3) is 5.91 Å². The van der Waals surface area contributed by atoms with E-state index in [1.807, 2.05) is 0 Å². The monoisotopic (exact) mass is 430 g/mol. The Balaban J connectivity index is 1.35. The number of nitrogens with zero attached hydrogens (tertiary/aromatic N) is 2. The Morgan fingerprint density at radius 1 is 1.13 bits per heavy atom. The van der Waals surface area contributed by atoms with Crippen molar-refractivity contribution in [1.82, 2.24) is 4.57 Å². The number of aromatic nitrogens is 1. The normalized spacial score (nSPS) is 38.8. The molecular formula is C24H34N2O3S. The van der Waals surface area contributed by atoms with Gasteiger partial charge in [-0.05, 0) is 94.8 Å². The lowest BCUT2D eigenvalue weighted by Crippen LogP contribution is -2.58. The van der Waals surface area contributed by atoms with Gasteiger partial charge >= 0.3 is 0 Å². The van der Waals surface area contributed by atoms with E-state index in [1.54, 1.807) is 11.3 Å². The van der Waals surface area contributed by atoms with Crippen molar-refractivity contribution in [3.8, 4) is 0 Å². The first kappa shape index (κ1) is 19.7. The minimum atomic E-state index is -0.609. The van der Waals surface area contributed by atoms with Crippen LogP contribution >= 0.6 is 11.3 Å². The third-order valence-electron chi connectivity index (χ3n) is 8.62. The molecule has 6 aliphatic rings. The highest BCUT2D eigenvalue weighted by molar-refractivity contribution is 7.09. The predicted molar refractivity (Wildman–Crippen MR) is 115 cm³/mol. The highest BCUT2D eigenvalue weighted by Crippen LogP contribution is 2.62. The fraction of sp³-hybridized carbons (Fsp3) is 0.833. The van der Waals surface area contributed by atoms with Crippen molar-refractivity contribution >= 4 is 17.2 Å². The summed E-state index contributed by atoms with van der Waals surface area (Å²) >= 11 is 1.76. The van der Waals surface area contributed by atoms with Crippen LogP contribution in [0.1, 0.15) is 74.8 Å². The molecule has 1 aromatic rings. The van der Waals surface area contributed by atoms with Crippen LogP contribution in [0.2, 0.25) is 0 Å². The molecule has 1 saturated heterocycles. The Labute approximate surface area is 182 Å². The molecule has 7 rings (SSSR count). The van der Waals surface area contributed by atoms with E-state index in [0.717, 1.165) is 75.9 Å². The summed E-state index contributed by atoms with van der Waals surface area (Å²) in [5, 5.41) is 11.1. The van der Waals surface area contributed by atoms with Crippen LogP contribution in [0.5, 0.6) is 0 Å². The maximum atomic E-state index is 13.7. The van der Waals surface area contributed by atoms with Gasteiger partial charge in [0.1, 0.15) is 0 Å². The fourth-order valence-corrected chi connectivity index (χ4v) is 8.89. The molecule has 1 N–H and O–H groups in total. The molecule has 5 fully saturated rings. The fourth-order valence-electron chi connectivity index (χ4n) is 7.67. The average molecular weight is 431 g/mol. The minimum Gasteiger partial charge on any atom is -0.390 e. The van der Waals surface area contributed by atoms with E-state index < -0.39 is 11.0 Å². The van der Waals surface area contributed by atoms with Crippen molar-refractivity contribution in [2.75, 3.05) is 13.2 Å². The molecular weight excluding hydrogens is 396 g/mol. The van der Waals surface area contributed by atoms with Crippen molar-refractivity contribution in [2.45, 2.75) is 89.2 Å². The van der Waals surface area contributed by atoms with Crippen molar-refractivity contribution < 1.29 is 14.6 Å². The number of carbonyl (C=O) groups is 1. The van der Waals surface area contributed by atoms with E-state index in [9.17, 15) is 9.90 Å². The van der Waals surface area contributed by atoms with Crippen molar-refractivity contribution in [3.05, 3.63) is 15.4 Å². The molecule has 4 saturated carbocycles. The van der Waals surface area contributed by atoms with Crippen LogP contribution in [0.25, 0.3) is 0 Å². The van der Waals surface area contributed by atoms with Crippen LogP contribution in [0.4, 0.5) is 0 Å². The van der Waals surface area contributed by atoms with Gasteiger partial charge in [-0.3, -0.25) is 4.79 Å². The van der Waals surface area contributed by atoms with E-state index in [-0.39, 0.29) is 5.91 Å². The molecule has 4 bridgehead atoms. The second-order valence-corrected chi connectivity index (χ2v) is 12.1. The van der Waals surface area contributed by atoms with Gasteiger partial charge in [0.05, 0.1) is 11.0 Å². The van der Waals surface area contributed by atoms with Crippen molar-refractivity contribution in [2.24, 2.45) is 28.2 Å². The van der Waals surface area contributed by atoms with Gasteiger partial charge in [-0.15, -0.1) is 11.3 Å². The Bertz CT molecular complexity index is 896. The summed E-state index contributed by atoms with van der Waals surface area (Å²) in [6, 6.07) is 0. The zero-order valence-corrected chi connectivity index (χ0v) is 18.7. The summed E-state index contributed by atoms with van der Waals surface area (Å²) in [6.07, 6.45) is 12.5. The summed E-state index contributed by atoms with van der Waals surface area (Å²) in [5.41, 5.74) is 0.426. The third kappa shape index (κ3) is 3.34. The average Bonchev–Trinajstić information content (AvgIpc) is 3.04. The second-order valence-electron chi connectivity index (χ2n) is 11.0. The highest BCUT2D eigenvalue weighted by Gasteiger charge is 2.60. The van der Waals surface area contributed by atoms with Gasteiger partial charge < -0.3 is 14.4 Å². The van der Waals surface area contributed by atoms with Crippen molar-refractivity contribution in [3.63, 3.8) is 0 Å². The van der Waals surface area contributed by atoms with Gasteiger partial charge in [0.2, 0.25) is 0 Å². The number of ether oxygens (including phenoxy) is 1. The first-order valence-electron chi connectivity index (χ1n) is 12.1. The van der Waals surface area contributed by atoms with E-state index in [1.165, 1.54) is 29.8 Å². The van der Waals surface area contributed by atoms with Gasteiger partial charge in [-0.2, -0.15) is 4.99 Å². The quantitative estimate of drug-likeness (QED) is 0.797. The Hall–Kier alpha value is -0.980. The molecule has 1 aromatic heterocycles. The molecule has 1 aliphatic heterocycles. The molecule has 5 nitrogen and oxygen atoms in total. The first-order valence-corrected chi connectivity index (χ1v) is 12.9. The standard InChI is InChI=1S/C24H34N2O3S/c27-21(23-10-17-9-18(11-23)13-24(28,12-17)15-23)25-22-26(14-16-5-7-29-8-6-16)19-3-1-2-4-20(19)30-22/h16-18,28H,1-15H2. The maximum absolute atomic E-state index is 13.7. The van der Waals surface area contributed by atoms with Gasteiger partial charge in [-0.25, -0.2) is 0 Å². The van der Waals surface area contributed by atoms with E-state index in [4.69, 9.17) is 9.73 Å². The first-order chi connectivity index (χ1) is 14.5. The number of aliphatic hydroxyl groups is 1. The third-order valence-corrected chi connectivity index (χ3v) is 9.80. The Morgan fingerprint density at radius 2 is 1.87 bits per heavy atom. The van der Waals surface area contributed by atoms with Crippen LogP contribution in [-0.2, 0) is 28.9 Å². The number of aryl methyl sites for hydroxylation is 1. The van der Waals surface area contributed by atoms with Crippen molar-refractivity contribution in [1.29, 1.82) is 0 Å². The topological polar surface area (TPSA) is 63.8 Å². The summed E-state index contributed by atoms with van der Waals surface area (Å²) in [7, 11) is 0. The molecule has 164 valence electrons. The van der Waals surface area contributed by atoms with Gasteiger partial charge in [0, 0.05) is 30.3 Å². The van der Waals surface area contributed by atoms with Gasteiger partial charge in [-0.1, -0.05) is 0 Å². The lowest BCUT2D eigenvalue weighted by Gasteiger charge is -2.58. The number of carbonyl (C=O) groups excluding carboxylic acids is 1. The van der Waals surface area contributed by atoms with Crippen LogP contribution < -0.4 is 4.80 Å². The molecule has 2 heterocycles. The summed E-state index contributed by atoms with van der Waals surface area (Å²) < 4.78 is 7.97. The van der Waals surface area contributed by atoms with Crippen LogP contribution in [0.3, 0.4) is 0 Å². The molecule has 1 amide bonds. The highest BCUT2D eigenvalue weighted by atomic mass is 32.1. The molecule has 0 aromatic carbocycles. The number of hydrogen-bond acceptors (Lipinski definition) is 4. The summed E-state index contributed by atoms with van der Waals surface area (Å²) in [5.74, 6) is 1.71. The van der Waals surface area contributed by atoms with Crippen LogP contribution in [-0.4, -0.2) is 34.4 Å². The lowest BCUT2D eigenvalue weighted by atomic mass is 9.47. The molecule has 0 spiro atoms. The number of thiazole rings is 1. The molecule has 2 atom stereocenters. The molecule has 5 aliphatic carbocycles. The summed E-state index contributed by atoms with van der Waals surface area (Å²) in [4.78, 5) is 20.9. The molecule has 0 radical (unpaired) electrons. The molecule has 30 heavy (non-hydrogen) atoms. The molecule has 6 heteroatoms. The number of fused-ring (bicyclic) bond motifs is 1. The number of rotatable bonds is 3. The SMILES string of the molecule is O=C(N=c1sc2c(n1CC1CCOCC1)CCCC2)C12CC3CC(CC(O)(C3)C1)C2. The Morgan fingerprint density at radius 3 is 2.60 bits per heavy atom. The zero-order chi connectivity index (χ0) is 20.3. The van der Waals surface area contributed by atoms with Gasteiger partial charge in [0.15, 0.2) is 4.80 Å². The summed E-state index contributed by atoms with van der Waals surface area (Å²) in [6.45, 7) is 2.68. The predicted octanol–water partition coefficient (Wildman–Crippen LogP) is 3.61. The largest absolute Gasteiger partial charge is 0.390 e. The maximum Gasteiger partial charge on any atom is 0.254 e. The van der Waals surface area contributed by atoms with Crippen LogP contribution in [0.15, 0.2) is 4.99 Å². The minimum absolute atomic E-state index is 0.0642. The second kappa shape index (κ2) is 7.28. The lowest BCUT2D eigenvalue weighted by molar-refractivity contribution is -0.175. The molecule has 2 unspecified atom stereocenters. The van der Waals surface area contributed by atoms with E-state index in [2.05, 4.69) is 4.57 Å². The van der Waals surface area contributed by atoms with E-state index in [0.29, 0.717) is 24.2 Å². The Kier molecular flexibility index (Phi) is 4.78. The zero-order valence-electron chi connectivity index (χ0n) is 17.9. The van der Waals surface area contributed by atoms with Crippen LogP contribution in [0, 0.1) is 23.2 Å². The van der Waals surface area contributed by atoms with E-state index >= 15 is 0 Å². The number of amides is 1. The number of hydrogen-bond donors (Lipinski definition) is 1. The smallest absolute Gasteiger partial charge is 0.254 e.